The SMILES string of the molecule is COc1ccc([C@H]2C3=CC[C@@H]4C(=O)N(C5CCCCC5)C(=O)[C@@H]4[C@@H]3C[C@H]3C(=O)N(c4ccccc4)C(=O)[C@@]23C)cc1O. The Bertz CT molecular complexity index is 1510. The predicted octanol–water partition coefficient (Wildman–Crippen LogP) is 4.96. The first-order valence-electron chi connectivity index (χ1n) is 15.1. The van der Waals surface area contributed by atoms with E-state index in [-0.39, 0.29) is 41.3 Å². The van der Waals surface area contributed by atoms with E-state index in [0.717, 1.165) is 37.7 Å². The van der Waals surface area contributed by atoms with Crippen molar-refractivity contribution in [1.29, 1.82) is 0 Å². The molecule has 218 valence electrons. The van der Waals surface area contributed by atoms with Crippen LogP contribution < -0.4 is 9.64 Å². The highest BCUT2D eigenvalue weighted by atomic mass is 16.5. The van der Waals surface area contributed by atoms with E-state index in [1.54, 1.807) is 41.3 Å². The third kappa shape index (κ3) is 3.66. The second kappa shape index (κ2) is 9.82. The van der Waals surface area contributed by atoms with E-state index < -0.39 is 29.1 Å². The van der Waals surface area contributed by atoms with Gasteiger partial charge in [-0.1, -0.05) is 55.2 Å². The largest absolute Gasteiger partial charge is 0.504 e. The summed E-state index contributed by atoms with van der Waals surface area (Å²) in [5, 5.41) is 10.8. The van der Waals surface area contributed by atoms with Crippen molar-refractivity contribution in [3.05, 3.63) is 65.7 Å². The van der Waals surface area contributed by atoms with Gasteiger partial charge in [-0.25, -0.2) is 4.90 Å². The summed E-state index contributed by atoms with van der Waals surface area (Å²) in [6.07, 6.45) is 7.64. The monoisotopic (exact) mass is 568 g/mol. The molecule has 7 rings (SSSR count). The molecular formula is C34H36N2O6. The molecule has 2 aromatic rings. The number of hydrogen-bond donors (Lipinski definition) is 1. The first-order valence-corrected chi connectivity index (χ1v) is 15.1. The quantitative estimate of drug-likeness (QED) is 0.413. The van der Waals surface area contributed by atoms with Gasteiger partial charge in [0.15, 0.2) is 11.5 Å². The zero-order valence-corrected chi connectivity index (χ0v) is 24.0. The highest BCUT2D eigenvalue weighted by Crippen LogP contribution is 2.64. The van der Waals surface area contributed by atoms with Gasteiger partial charge >= 0.3 is 0 Å². The van der Waals surface area contributed by atoms with Crippen molar-refractivity contribution < 1.29 is 29.0 Å². The molecule has 2 heterocycles. The molecule has 0 bridgehead atoms. The van der Waals surface area contributed by atoms with E-state index in [1.807, 2.05) is 19.1 Å². The molecule has 4 fully saturated rings. The fourth-order valence-electron chi connectivity index (χ4n) is 8.83. The van der Waals surface area contributed by atoms with Crippen LogP contribution in [-0.2, 0) is 19.2 Å². The molecule has 2 aromatic carbocycles. The second-order valence-electron chi connectivity index (χ2n) is 12.8. The third-order valence-corrected chi connectivity index (χ3v) is 10.8. The highest BCUT2D eigenvalue weighted by molar-refractivity contribution is 6.24. The lowest BCUT2D eigenvalue weighted by molar-refractivity contribution is -0.144. The number of carbonyl (C=O) groups excluding carboxylic acids is 4. The van der Waals surface area contributed by atoms with Crippen LogP contribution in [0.3, 0.4) is 0 Å². The fraction of sp³-hybridized carbons (Fsp3) is 0.471. The minimum atomic E-state index is -1.14. The average Bonchev–Trinajstić information content (AvgIpc) is 3.37. The van der Waals surface area contributed by atoms with Crippen LogP contribution in [0.2, 0.25) is 0 Å². The number of fused-ring (bicyclic) bond motifs is 4. The van der Waals surface area contributed by atoms with Crippen LogP contribution in [0.25, 0.3) is 0 Å². The molecule has 8 heteroatoms. The average molecular weight is 569 g/mol. The molecular weight excluding hydrogens is 532 g/mol. The zero-order chi connectivity index (χ0) is 29.3. The first-order chi connectivity index (χ1) is 20.3. The van der Waals surface area contributed by atoms with Crippen molar-refractivity contribution in [2.45, 2.75) is 63.8 Å². The van der Waals surface area contributed by atoms with Gasteiger partial charge in [-0.3, -0.25) is 24.1 Å². The molecule has 42 heavy (non-hydrogen) atoms. The number of para-hydroxylation sites is 1. The van der Waals surface area contributed by atoms with Gasteiger partial charge in [0.1, 0.15) is 0 Å². The molecule has 6 atom stereocenters. The Morgan fingerprint density at radius 3 is 2.33 bits per heavy atom. The summed E-state index contributed by atoms with van der Waals surface area (Å²) >= 11 is 0. The molecule has 8 nitrogen and oxygen atoms in total. The molecule has 3 aliphatic carbocycles. The van der Waals surface area contributed by atoms with Crippen LogP contribution in [-0.4, -0.2) is 46.8 Å². The normalized spacial score (nSPS) is 32.9. The van der Waals surface area contributed by atoms with E-state index >= 15 is 0 Å². The van der Waals surface area contributed by atoms with Crippen molar-refractivity contribution in [3.8, 4) is 11.5 Å². The molecule has 1 N–H and O–H groups in total. The van der Waals surface area contributed by atoms with E-state index in [0.29, 0.717) is 29.8 Å². The molecule has 0 spiro atoms. The molecule has 4 amide bonds. The Morgan fingerprint density at radius 2 is 1.64 bits per heavy atom. The number of allylic oxidation sites excluding steroid dienone is 2. The summed E-state index contributed by atoms with van der Waals surface area (Å²) in [6.45, 7) is 1.85. The number of carbonyl (C=O) groups is 4. The smallest absolute Gasteiger partial charge is 0.241 e. The summed E-state index contributed by atoms with van der Waals surface area (Å²) in [4.78, 5) is 59.3. The number of likely N-dealkylation sites (tertiary alicyclic amines) is 1. The minimum Gasteiger partial charge on any atom is -0.504 e. The van der Waals surface area contributed by atoms with Gasteiger partial charge in [0.25, 0.3) is 0 Å². The lowest BCUT2D eigenvalue weighted by Gasteiger charge is -2.49. The van der Waals surface area contributed by atoms with Gasteiger partial charge in [0, 0.05) is 12.0 Å². The first kappa shape index (κ1) is 26.9. The molecule has 2 aliphatic heterocycles. The fourth-order valence-corrected chi connectivity index (χ4v) is 8.83. The van der Waals surface area contributed by atoms with Crippen LogP contribution in [0.5, 0.6) is 11.5 Å². The maximum absolute atomic E-state index is 14.4. The summed E-state index contributed by atoms with van der Waals surface area (Å²) in [5.41, 5.74) is 0.983. The number of rotatable bonds is 4. The topological polar surface area (TPSA) is 104 Å². The van der Waals surface area contributed by atoms with Crippen molar-refractivity contribution in [1.82, 2.24) is 4.90 Å². The number of nitrogens with zero attached hydrogens (tertiary/aromatic N) is 2. The zero-order valence-electron chi connectivity index (χ0n) is 24.0. The number of methoxy groups -OCH3 is 1. The molecule has 2 saturated carbocycles. The number of ether oxygens (including phenoxy) is 1. The van der Waals surface area contributed by atoms with Crippen molar-refractivity contribution in [2.24, 2.45) is 29.1 Å². The Morgan fingerprint density at radius 1 is 0.905 bits per heavy atom. The molecule has 0 unspecified atom stereocenters. The number of amides is 4. The Balaban J connectivity index is 1.35. The van der Waals surface area contributed by atoms with Crippen LogP contribution >= 0.6 is 0 Å². The minimum absolute atomic E-state index is 0.0562. The van der Waals surface area contributed by atoms with E-state index in [4.69, 9.17) is 4.74 Å². The number of aromatic hydroxyl groups is 1. The predicted molar refractivity (Wildman–Crippen MR) is 154 cm³/mol. The van der Waals surface area contributed by atoms with E-state index in [9.17, 15) is 24.3 Å². The van der Waals surface area contributed by atoms with E-state index in [2.05, 4.69) is 6.08 Å². The van der Waals surface area contributed by atoms with Gasteiger partial charge in [-0.05, 0) is 68.4 Å². The van der Waals surface area contributed by atoms with Gasteiger partial charge < -0.3 is 9.84 Å². The summed E-state index contributed by atoms with van der Waals surface area (Å²) in [7, 11) is 1.48. The maximum atomic E-state index is 14.4. The number of benzene rings is 2. The van der Waals surface area contributed by atoms with Gasteiger partial charge in [0.2, 0.25) is 23.6 Å². The maximum Gasteiger partial charge on any atom is 0.241 e. The number of imide groups is 2. The summed E-state index contributed by atoms with van der Waals surface area (Å²) in [5.74, 6) is -3.11. The van der Waals surface area contributed by atoms with Crippen LogP contribution in [0.15, 0.2) is 60.2 Å². The lowest BCUT2D eigenvalue weighted by atomic mass is 9.51. The summed E-state index contributed by atoms with van der Waals surface area (Å²) in [6, 6.07) is 14.0. The number of phenols is 1. The number of anilines is 1. The van der Waals surface area contributed by atoms with Crippen LogP contribution in [0.4, 0.5) is 5.69 Å². The van der Waals surface area contributed by atoms with Crippen molar-refractivity contribution >= 4 is 29.3 Å². The van der Waals surface area contributed by atoms with Crippen LogP contribution in [0.1, 0.15) is 63.4 Å². The van der Waals surface area contributed by atoms with Gasteiger partial charge in [0.05, 0.1) is 36.0 Å². The highest BCUT2D eigenvalue weighted by Gasteiger charge is 2.67. The van der Waals surface area contributed by atoms with Gasteiger partial charge in [-0.2, -0.15) is 0 Å². The molecule has 5 aliphatic rings. The Labute approximate surface area is 245 Å². The Kier molecular flexibility index (Phi) is 6.29. The number of hydrogen-bond acceptors (Lipinski definition) is 6. The van der Waals surface area contributed by atoms with Crippen molar-refractivity contribution in [2.75, 3.05) is 12.0 Å². The standard InChI is InChI=1S/C34H36N2O6/c1-34-25(31(39)36(33(34)41)21-11-7-4-8-12-21)18-24-22(29(34)19-13-16-27(42-2)26(37)17-19)14-15-23-28(24)32(40)35(30(23)38)20-9-5-3-6-10-20/h4,7-8,11-14,16-17,20,23-25,28-29,37H,3,5-6,9-10,15,18H2,1-2H3/t23-,24+,25-,28-,29-,34+/m0/s1. The second-order valence-corrected chi connectivity index (χ2v) is 12.8. The molecule has 0 aromatic heterocycles. The number of phenolic OH excluding ortho intramolecular Hbond substituents is 1. The Hall–Kier alpha value is -3.94. The van der Waals surface area contributed by atoms with Gasteiger partial charge in [-0.15, -0.1) is 0 Å². The third-order valence-electron chi connectivity index (χ3n) is 10.8. The summed E-state index contributed by atoms with van der Waals surface area (Å²) < 4.78 is 5.29. The van der Waals surface area contributed by atoms with Crippen molar-refractivity contribution in [3.63, 3.8) is 0 Å². The van der Waals surface area contributed by atoms with Crippen LogP contribution in [0, 0.1) is 29.1 Å². The van der Waals surface area contributed by atoms with E-state index in [1.165, 1.54) is 12.0 Å². The lowest BCUT2D eigenvalue weighted by Crippen LogP contribution is -2.49. The molecule has 2 saturated heterocycles. The molecule has 0 radical (unpaired) electrons.